The molecule has 3 aromatic rings. The number of nitrogens with zero attached hydrogens (tertiary/aromatic N) is 2. The molecule has 7 heteroatoms. The van der Waals surface area contributed by atoms with Crippen LogP contribution >= 0.6 is 31.9 Å². The van der Waals surface area contributed by atoms with Crippen molar-refractivity contribution >= 4 is 49.5 Å². The highest BCUT2D eigenvalue weighted by Crippen LogP contribution is 2.36. The monoisotopic (exact) mass is 549 g/mol. The minimum Gasteiger partial charge on any atom is -0.486 e. The molecule has 1 N–H and O–H groups in total. The maximum absolute atomic E-state index is 12.5. The van der Waals surface area contributed by atoms with Gasteiger partial charge in [0.2, 0.25) is 0 Å². The van der Waals surface area contributed by atoms with Crippen molar-refractivity contribution in [2.45, 2.75) is 13.5 Å². The molecule has 0 fully saturated rings. The number of nitriles is 2. The molecule has 3 aromatic carbocycles. The van der Waals surface area contributed by atoms with Gasteiger partial charge in [0.1, 0.15) is 24.0 Å². The topological polar surface area (TPSA) is 85.9 Å². The van der Waals surface area contributed by atoms with Gasteiger partial charge in [-0.1, -0.05) is 35.9 Å². The van der Waals surface area contributed by atoms with Crippen LogP contribution in [0.5, 0.6) is 5.75 Å². The van der Waals surface area contributed by atoms with E-state index in [2.05, 4.69) is 43.2 Å². The molecule has 0 aromatic heterocycles. The SMILES string of the molecule is Cc1ccc(NC(=O)/C(C#N)=C/c2cc(Br)c(OCc3ccccc3C#N)c(Br)c2)cc1. The first kappa shape index (κ1) is 23.3. The van der Waals surface area contributed by atoms with Gasteiger partial charge in [-0.15, -0.1) is 0 Å². The third kappa shape index (κ3) is 5.85. The second-order valence-electron chi connectivity index (χ2n) is 6.86. The fourth-order valence-corrected chi connectivity index (χ4v) is 4.31. The summed E-state index contributed by atoms with van der Waals surface area (Å²) in [6, 6.07) is 22.2. The molecule has 0 saturated carbocycles. The van der Waals surface area contributed by atoms with E-state index in [1.54, 1.807) is 36.4 Å². The van der Waals surface area contributed by atoms with Crippen LogP contribution in [0.15, 0.2) is 75.2 Å². The van der Waals surface area contributed by atoms with Gasteiger partial charge in [-0.25, -0.2) is 0 Å². The Morgan fingerprint density at radius 2 is 1.72 bits per heavy atom. The summed E-state index contributed by atoms with van der Waals surface area (Å²) in [7, 11) is 0. The summed E-state index contributed by atoms with van der Waals surface area (Å²) in [5.41, 5.74) is 3.64. The Labute approximate surface area is 203 Å². The van der Waals surface area contributed by atoms with Crippen LogP contribution in [-0.2, 0) is 11.4 Å². The zero-order chi connectivity index (χ0) is 23.1. The predicted molar refractivity (Wildman–Crippen MR) is 131 cm³/mol. The second kappa shape index (κ2) is 10.8. The van der Waals surface area contributed by atoms with Gasteiger partial charge in [0.15, 0.2) is 0 Å². The number of rotatable bonds is 6. The highest BCUT2D eigenvalue weighted by atomic mass is 79.9. The van der Waals surface area contributed by atoms with Crippen LogP contribution in [0.1, 0.15) is 22.3 Å². The molecular formula is C25H17Br2N3O2. The number of hydrogen-bond acceptors (Lipinski definition) is 4. The Morgan fingerprint density at radius 3 is 2.34 bits per heavy atom. The van der Waals surface area contributed by atoms with Gasteiger partial charge >= 0.3 is 0 Å². The van der Waals surface area contributed by atoms with Crippen molar-refractivity contribution in [3.8, 4) is 17.9 Å². The van der Waals surface area contributed by atoms with Crippen LogP contribution in [0.2, 0.25) is 0 Å². The summed E-state index contributed by atoms with van der Waals surface area (Å²) < 4.78 is 7.19. The smallest absolute Gasteiger partial charge is 0.266 e. The molecular weight excluding hydrogens is 534 g/mol. The van der Waals surface area contributed by atoms with Crippen molar-refractivity contribution in [2.75, 3.05) is 5.32 Å². The number of nitrogens with one attached hydrogen (secondary N) is 1. The van der Waals surface area contributed by atoms with E-state index in [9.17, 15) is 15.3 Å². The molecule has 0 aliphatic carbocycles. The summed E-state index contributed by atoms with van der Waals surface area (Å²) in [4.78, 5) is 12.5. The normalized spacial score (nSPS) is 10.7. The van der Waals surface area contributed by atoms with Crippen molar-refractivity contribution in [3.63, 3.8) is 0 Å². The zero-order valence-corrected chi connectivity index (χ0v) is 20.2. The van der Waals surface area contributed by atoms with Gasteiger partial charge in [-0.2, -0.15) is 10.5 Å². The highest BCUT2D eigenvalue weighted by Gasteiger charge is 2.13. The van der Waals surface area contributed by atoms with Crippen LogP contribution < -0.4 is 10.1 Å². The van der Waals surface area contributed by atoms with E-state index >= 15 is 0 Å². The molecule has 0 radical (unpaired) electrons. The Hall–Kier alpha value is -3.39. The maximum atomic E-state index is 12.5. The van der Waals surface area contributed by atoms with Crippen LogP contribution in [0.4, 0.5) is 5.69 Å². The predicted octanol–water partition coefficient (Wildman–Crippen LogP) is 6.52. The third-order valence-corrected chi connectivity index (χ3v) is 5.69. The summed E-state index contributed by atoms with van der Waals surface area (Å²) in [6.07, 6.45) is 1.51. The van der Waals surface area contributed by atoms with Gasteiger partial charge in [0, 0.05) is 11.3 Å². The van der Waals surface area contributed by atoms with Gasteiger partial charge in [-0.3, -0.25) is 4.79 Å². The van der Waals surface area contributed by atoms with Crippen molar-refractivity contribution in [2.24, 2.45) is 0 Å². The number of hydrogen-bond donors (Lipinski definition) is 1. The lowest BCUT2D eigenvalue weighted by molar-refractivity contribution is -0.112. The maximum Gasteiger partial charge on any atom is 0.266 e. The minimum atomic E-state index is -0.489. The Bertz CT molecular complexity index is 1250. The molecule has 0 heterocycles. The summed E-state index contributed by atoms with van der Waals surface area (Å²) in [6.45, 7) is 2.18. The number of carbonyl (C=O) groups excluding carboxylic acids is 1. The van der Waals surface area contributed by atoms with Crippen molar-refractivity contribution < 1.29 is 9.53 Å². The zero-order valence-electron chi connectivity index (χ0n) is 17.0. The largest absolute Gasteiger partial charge is 0.486 e. The van der Waals surface area contributed by atoms with Gasteiger partial charge < -0.3 is 10.1 Å². The number of aryl methyl sites for hydroxylation is 1. The van der Waals surface area contributed by atoms with E-state index in [1.807, 2.05) is 37.3 Å². The Morgan fingerprint density at radius 1 is 1.06 bits per heavy atom. The molecule has 5 nitrogen and oxygen atoms in total. The van der Waals surface area contributed by atoms with Gasteiger partial charge in [-0.05, 0) is 80.8 Å². The average molecular weight is 551 g/mol. The van der Waals surface area contributed by atoms with E-state index in [0.29, 0.717) is 31.5 Å². The lowest BCUT2D eigenvalue weighted by atomic mass is 10.1. The van der Waals surface area contributed by atoms with Gasteiger partial charge in [0.25, 0.3) is 5.91 Å². The molecule has 1 amide bonds. The molecule has 0 aliphatic heterocycles. The lowest BCUT2D eigenvalue weighted by Crippen LogP contribution is -2.13. The number of carbonyl (C=O) groups is 1. The van der Waals surface area contributed by atoms with Crippen molar-refractivity contribution in [3.05, 3.63) is 97.4 Å². The fraction of sp³-hybridized carbons (Fsp3) is 0.0800. The van der Waals surface area contributed by atoms with E-state index in [4.69, 9.17) is 4.74 Å². The van der Waals surface area contributed by atoms with E-state index in [0.717, 1.165) is 11.1 Å². The van der Waals surface area contributed by atoms with E-state index in [-0.39, 0.29) is 12.2 Å². The standard InChI is InChI=1S/C25H17Br2N3O2/c1-16-6-8-21(9-7-16)30-25(31)20(14-29)10-17-11-22(26)24(23(27)12-17)32-15-19-5-3-2-4-18(19)13-28/h2-12H,15H2,1H3,(H,30,31)/b20-10+. The second-order valence-corrected chi connectivity index (χ2v) is 8.57. The van der Waals surface area contributed by atoms with E-state index < -0.39 is 5.91 Å². The Balaban J connectivity index is 1.78. The molecule has 158 valence electrons. The van der Waals surface area contributed by atoms with Crippen LogP contribution in [0.25, 0.3) is 6.08 Å². The molecule has 3 rings (SSSR count). The summed E-state index contributed by atoms with van der Waals surface area (Å²) in [5, 5.41) is 21.4. The molecule has 0 atom stereocenters. The summed E-state index contributed by atoms with van der Waals surface area (Å²) >= 11 is 6.97. The van der Waals surface area contributed by atoms with Crippen LogP contribution in [-0.4, -0.2) is 5.91 Å². The molecule has 0 saturated heterocycles. The van der Waals surface area contributed by atoms with E-state index in [1.165, 1.54) is 6.08 Å². The molecule has 0 unspecified atom stereocenters. The van der Waals surface area contributed by atoms with Crippen LogP contribution in [0, 0.1) is 29.6 Å². The first-order chi connectivity index (χ1) is 15.4. The number of ether oxygens (including phenoxy) is 1. The van der Waals surface area contributed by atoms with Crippen molar-refractivity contribution in [1.82, 2.24) is 0 Å². The average Bonchev–Trinajstić information content (AvgIpc) is 2.78. The lowest BCUT2D eigenvalue weighted by Gasteiger charge is -2.12. The molecule has 32 heavy (non-hydrogen) atoms. The first-order valence-electron chi connectivity index (χ1n) is 9.51. The number of amides is 1. The quantitative estimate of drug-likeness (QED) is 0.280. The summed E-state index contributed by atoms with van der Waals surface area (Å²) in [5.74, 6) is 0.0644. The molecule has 0 aliphatic rings. The number of halogens is 2. The first-order valence-corrected chi connectivity index (χ1v) is 11.1. The van der Waals surface area contributed by atoms with Crippen molar-refractivity contribution in [1.29, 1.82) is 10.5 Å². The Kier molecular flexibility index (Phi) is 7.83. The number of benzene rings is 3. The van der Waals surface area contributed by atoms with Gasteiger partial charge in [0.05, 0.1) is 20.6 Å². The highest BCUT2D eigenvalue weighted by molar-refractivity contribution is 9.11. The fourth-order valence-electron chi connectivity index (χ4n) is 2.86. The minimum absolute atomic E-state index is 0.0269. The molecule has 0 spiro atoms. The molecule has 0 bridgehead atoms. The number of anilines is 1. The third-order valence-electron chi connectivity index (χ3n) is 4.52. The van der Waals surface area contributed by atoms with Crippen LogP contribution in [0.3, 0.4) is 0 Å².